The minimum Gasteiger partial charge on any atom is -0.366 e. The Bertz CT molecular complexity index is 1380. The van der Waals surface area contributed by atoms with Crippen LogP contribution in [0.25, 0.3) is 33.3 Å². The first-order chi connectivity index (χ1) is 14.1. The normalized spacial score (nSPS) is 11.3. The third-order valence-corrected chi connectivity index (χ3v) is 5.24. The lowest BCUT2D eigenvalue weighted by Crippen LogP contribution is -2.13. The highest BCUT2D eigenvalue weighted by molar-refractivity contribution is 6.34. The SMILES string of the molecule is NC(=O)c1ccc(-c2ccc3[nH]n(Cc4ccc5ncccc5c4)c3n2)cc1Cl. The minimum absolute atomic E-state index is 0.299. The van der Waals surface area contributed by atoms with E-state index in [-0.39, 0.29) is 0 Å². The fourth-order valence-electron chi connectivity index (χ4n) is 3.44. The number of amides is 1. The van der Waals surface area contributed by atoms with Crippen molar-refractivity contribution in [2.45, 2.75) is 6.54 Å². The van der Waals surface area contributed by atoms with Crippen LogP contribution in [0.3, 0.4) is 0 Å². The van der Waals surface area contributed by atoms with Gasteiger partial charge in [-0.15, -0.1) is 0 Å². The summed E-state index contributed by atoms with van der Waals surface area (Å²) in [5.74, 6) is -0.548. The van der Waals surface area contributed by atoms with Crippen LogP contribution in [0.1, 0.15) is 15.9 Å². The largest absolute Gasteiger partial charge is 0.366 e. The first-order valence-corrected chi connectivity index (χ1v) is 9.45. The topological polar surface area (TPSA) is 89.6 Å². The molecule has 2 aromatic carbocycles. The summed E-state index contributed by atoms with van der Waals surface area (Å²) in [4.78, 5) is 20.5. The molecule has 0 bridgehead atoms. The molecule has 3 heterocycles. The Morgan fingerprint density at radius 3 is 2.83 bits per heavy atom. The number of halogens is 1. The summed E-state index contributed by atoms with van der Waals surface area (Å²) in [5, 5.41) is 4.73. The van der Waals surface area contributed by atoms with E-state index in [1.807, 2.05) is 28.9 Å². The van der Waals surface area contributed by atoms with Crippen molar-refractivity contribution in [2.75, 3.05) is 0 Å². The zero-order valence-corrected chi connectivity index (χ0v) is 16.0. The summed E-state index contributed by atoms with van der Waals surface area (Å²) >= 11 is 6.19. The van der Waals surface area contributed by atoms with E-state index in [1.54, 1.807) is 24.4 Å². The second-order valence-corrected chi connectivity index (χ2v) is 7.26. The molecular weight excluding hydrogens is 386 g/mol. The molecule has 0 radical (unpaired) electrons. The van der Waals surface area contributed by atoms with Gasteiger partial charge in [-0.2, -0.15) is 0 Å². The van der Waals surface area contributed by atoms with Crippen LogP contribution in [-0.2, 0) is 6.54 Å². The van der Waals surface area contributed by atoms with Gasteiger partial charge in [-0.3, -0.25) is 19.6 Å². The van der Waals surface area contributed by atoms with Gasteiger partial charge in [0.2, 0.25) is 5.91 Å². The predicted octanol–water partition coefficient (Wildman–Crippen LogP) is 4.38. The Morgan fingerprint density at radius 1 is 1.10 bits per heavy atom. The maximum Gasteiger partial charge on any atom is 0.250 e. The Balaban J connectivity index is 1.48. The molecule has 3 N–H and O–H groups in total. The molecule has 3 aromatic heterocycles. The van der Waals surface area contributed by atoms with Crippen molar-refractivity contribution in [3.05, 3.63) is 83.0 Å². The lowest BCUT2D eigenvalue weighted by molar-refractivity contribution is 0.100. The van der Waals surface area contributed by atoms with E-state index in [4.69, 9.17) is 22.3 Å². The van der Waals surface area contributed by atoms with Crippen molar-refractivity contribution in [1.29, 1.82) is 0 Å². The van der Waals surface area contributed by atoms with Gasteiger partial charge >= 0.3 is 0 Å². The van der Waals surface area contributed by atoms with Crippen LogP contribution in [0.4, 0.5) is 0 Å². The molecule has 0 saturated heterocycles. The second-order valence-electron chi connectivity index (χ2n) is 6.85. The number of H-pyrrole nitrogens is 1. The highest BCUT2D eigenvalue weighted by Gasteiger charge is 2.12. The first-order valence-electron chi connectivity index (χ1n) is 9.07. The van der Waals surface area contributed by atoms with Crippen molar-refractivity contribution in [3.8, 4) is 11.3 Å². The lowest BCUT2D eigenvalue weighted by Gasteiger charge is -2.17. The first kappa shape index (κ1) is 17.5. The summed E-state index contributed by atoms with van der Waals surface area (Å²) in [6.45, 7) is 0.676. The van der Waals surface area contributed by atoms with Crippen molar-refractivity contribution in [2.24, 2.45) is 5.73 Å². The molecule has 0 saturated carbocycles. The molecule has 0 atom stereocenters. The highest BCUT2D eigenvalue weighted by atomic mass is 35.5. The quantitative estimate of drug-likeness (QED) is 0.468. The number of primary amides is 1. The Hall–Kier alpha value is -3.64. The van der Waals surface area contributed by atoms with Crippen LogP contribution in [-0.4, -0.2) is 25.7 Å². The number of nitrogens with one attached hydrogen (secondary N) is 1. The summed E-state index contributed by atoms with van der Waals surface area (Å²) < 4.78 is 2.00. The standard InChI is InChI=1S/C22H16ClN5O/c23-17-11-15(4-5-16(17)21(24)29)19-7-8-20-22(26-19)28(27-20)12-13-3-6-18-14(10-13)2-1-9-25-18/h1-11,27H,12H2,(H2,24,29). The van der Waals surface area contributed by atoms with Crippen LogP contribution in [0.2, 0.25) is 5.02 Å². The molecule has 5 rings (SSSR count). The Kier molecular flexibility index (Phi) is 4.07. The molecule has 0 aliphatic heterocycles. The molecule has 0 aliphatic rings. The summed E-state index contributed by atoms with van der Waals surface area (Å²) in [6.07, 6.45) is 1.79. The average molecular weight is 402 g/mol. The number of pyridine rings is 2. The van der Waals surface area contributed by atoms with Crippen molar-refractivity contribution < 1.29 is 4.79 Å². The van der Waals surface area contributed by atoms with E-state index in [9.17, 15) is 4.79 Å². The van der Waals surface area contributed by atoms with Crippen molar-refractivity contribution >= 4 is 39.6 Å². The van der Waals surface area contributed by atoms with E-state index in [1.165, 1.54) is 0 Å². The van der Waals surface area contributed by atoms with E-state index in [0.29, 0.717) is 17.1 Å². The molecule has 7 heteroatoms. The van der Waals surface area contributed by atoms with Crippen LogP contribution in [0, 0.1) is 0 Å². The van der Waals surface area contributed by atoms with Crippen molar-refractivity contribution in [1.82, 2.24) is 19.7 Å². The molecule has 6 nitrogen and oxygen atoms in total. The number of rotatable bonds is 4. The molecule has 0 unspecified atom stereocenters. The molecule has 142 valence electrons. The molecule has 29 heavy (non-hydrogen) atoms. The fourth-order valence-corrected chi connectivity index (χ4v) is 3.72. The number of carbonyl (C=O) groups excluding carboxylic acids is 1. The zero-order chi connectivity index (χ0) is 20.0. The number of aromatic amines is 1. The maximum absolute atomic E-state index is 11.4. The van der Waals surface area contributed by atoms with Gasteiger partial charge < -0.3 is 5.73 Å². The van der Waals surface area contributed by atoms with E-state index >= 15 is 0 Å². The van der Waals surface area contributed by atoms with Gasteiger partial charge in [-0.25, -0.2) is 4.98 Å². The lowest BCUT2D eigenvalue weighted by atomic mass is 10.1. The molecule has 0 spiro atoms. The van der Waals surface area contributed by atoms with Crippen LogP contribution in [0.5, 0.6) is 0 Å². The second kappa shape index (κ2) is 6.76. The Labute approximate surface area is 170 Å². The minimum atomic E-state index is -0.548. The smallest absolute Gasteiger partial charge is 0.250 e. The number of fused-ring (bicyclic) bond motifs is 2. The number of hydrogen-bond donors (Lipinski definition) is 2. The van der Waals surface area contributed by atoms with Gasteiger partial charge in [0, 0.05) is 17.1 Å². The summed E-state index contributed by atoms with van der Waals surface area (Å²) in [6, 6.07) is 19.3. The monoisotopic (exact) mass is 401 g/mol. The van der Waals surface area contributed by atoms with Crippen LogP contribution in [0.15, 0.2) is 66.9 Å². The predicted molar refractivity (Wildman–Crippen MR) is 114 cm³/mol. The molecule has 0 fully saturated rings. The van der Waals surface area contributed by atoms with E-state index < -0.39 is 5.91 Å². The van der Waals surface area contributed by atoms with E-state index in [0.717, 1.165) is 38.9 Å². The highest BCUT2D eigenvalue weighted by Crippen LogP contribution is 2.26. The average Bonchev–Trinajstić information content (AvgIpc) is 2.71. The maximum atomic E-state index is 11.4. The van der Waals surface area contributed by atoms with E-state index in [2.05, 4.69) is 28.3 Å². The van der Waals surface area contributed by atoms with Gasteiger partial charge in [0.15, 0.2) is 5.65 Å². The molecule has 1 amide bonds. The van der Waals surface area contributed by atoms with Gasteiger partial charge in [0.1, 0.15) is 0 Å². The number of nitrogens with zero attached hydrogens (tertiary/aromatic N) is 3. The zero-order valence-electron chi connectivity index (χ0n) is 15.3. The van der Waals surface area contributed by atoms with Gasteiger partial charge in [-0.1, -0.05) is 29.8 Å². The number of aromatic nitrogens is 4. The van der Waals surface area contributed by atoms with Crippen LogP contribution < -0.4 is 5.73 Å². The molecule has 5 aromatic rings. The molecular formula is C22H16ClN5O. The number of carbonyl (C=O) groups is 1. The third kappa shape index (κ3) is 3.13. The fraction of sp³-hybridized carbons (Fsp3) is 0.0455. The van der Waals surface area contributed by atoms with Gasteiger partial charge in [-0.05, 0) is 48.0 Å². The van der Waals surface area contributed by atoms with Crippen molar-refractivity contribution in [3.63, 3.8) is 0 Å². The number of hydrogen-bond acceptors (Lipinski definition) is 3. The summed E-state index contributed by atoms with van der Waals surface area (Å²) in [5.41, 5.74) is 11.2. The summed E-state index contributed by atoms with van der Waals surface area (Å²) in [7, 11) is 0. The van der Waals surface area contributed by atoms with Gasteiger partial charge in [0.05, 0.1) is 33.9 Å². The number of nitrogens with two attached hydrogens (primary N) is 1. The third-order valence-electron chi connectivity index (χ3n) is 4.92. The van der Waals surface area contributed by atoms with Gasteiger partial charge in [0.25, 0.3) is 0 Å². The Morgan fingerprint density at radius 2 is 2.00 bits per heavy atom. The molecule has 0 aliphatic carbocycles. The van der Waals surface area contributed by atoms with Crippen LogP contribution >= 0.6 is 11.6 Å². The number of benzene rings is 2.